The topological polar surface area (TPSA) is 66.0 Å². The molecule has 0 saturated carbocycles. The average Bonchev–Trinajstić information content (AvgIpc) is 2.74. The second kappa shape index (κ2) is 8.81. The highest BCUT2D eigenvalue weighted by atomic mass is 16.5. The molecule has 6 heteroatoms. The van der Waals surface area contributed by atoms with E-state index in [1.54, 1.807) is 36.4 Å². The summed E-state index contributed by atoms with van der Waals surface area (Å²) in [5.41, 5.74) is 1.03. The quantitative estimate of drug-likeness (QED) is 0.641. The molecular formula is C22H21NO5. The Labute approximate surface area is 163 Å². The van der Waals surface area contributed by atoms with Crippen molar-refractivity contribution < 1.29 is 23.7 Å². The molecule has 1 amide bonds. The molecule has 3 aromatic rings. The minimum Gasteiger partial charge on any atom is -0.493 e. The second-order valence-corrected chi connectivity index (χ2v) is 5.81. The summed E-state index contributed by atoms with van der Waals surface area (Å²) in [4.78, 5) is 12.6. The summed E-state index contributed by atoms with van der Waals surface area (Å²) in [7, 11) is 4.57. The monoisotopic (exact) mass is 379 g/mol. The van der Waals surface area contributed by atoms with Gasteiger partial charge in [-0.3, -0.25) is 4.79 Å². The number of amides is 1. The van der Waals surface area contributed by atoms with Crippen molar-refractivity contribution in [1.82, 2.24) is 0 Å². The third-order valence-electron chi connectivity index (χ3n) is 4.02. The maximum absolute atomic E-state index is 12.6. The third kappa shape index (κ3) is 4.35. The summed E-state index contributed by atoms with van der Waals surface area (Å²) < 4.78 is 21.6. The number of rotatable bonds is 7. The van der Waals surface area contributed by atoms with Crippen LogP contribution in [0.3, 0.4) is 0 Å². The fourth-order valence-electron chi connectivity index (χ4n) is 2.66. The van der Waals surface area contributed by atoms with Gasteiger partial charge in [0.2, 0.25) is 5.75 Å². The van der Waals surface area contributed by atoms with Crippen LogP contribution in [0.5, 0.6) is 28.7 Å². The van der Waals surface area contributed by atoms with Gasteiger partial charge >= 0.3 is 0 Å². The highest BCUT2D eigenvalue weighted by molar-refractivity contribution is 6.04. The molecule has 144 valence electrons. The number of benzene rings is 3. The summed E-state index contributed by atoms with van der Waals surface area (Å²) in [6, 6.07) is 19.7. The molecule has 0 radical (unpaired) electrons. The van der Waals surface area contributed by atoms with Crippen molar-refractivity contribution in [2.24, 2.45) is 0 Å². The van der Waals surface area contributed by atoms with Crippen LogP contribution >= 0.6 is 0 Å². The van der Waals surface area contributed by atoms with Crippen molar-refractivity contribution in [2.75, 3.05) is 26.6 Å². The van der Waals surface area contributed by atoms with Crippen LogP contribution in [-0.2, 0) is 0 Å². The Bertz CT molecular complexity index is 914. The molecule has 0 aliphatic carbocycles. The van der Waals surface area contributed by atoms with Crippen molar-refractivity contribution in [3.8, 4) is 28.7 Å². The molecule has 0 bridgehead atoms. The highest BCUT2D eigenvalue weighted by Crippen LogP contribution is 2.40. The lowest BCUT2D eigenvalue weighted by molar-refractivity contribution is 0.102. The number of nitrogens with one attached hydrogen (secondary N) is 1. The fourth-order valence-corrected chi connectivity index (χ4v) is 2.66. The van der Waals surface area contributed by atoms with Gasteiger partial charge in [-0.1, -0.05) is 18.2 Å². The van der Waals surface area contributed by atoms with Gasteiger partial charge in [0.15, 0.2) is 11.5 Å². The zero-order valence-corrected chi connectivity index (χ0v) is 15.9. The Morgan fingerprint density at radius 2 is 1.32 bits per heavy atom. The molecule has 28 heavy (non-hydrogen) atoms. The van der Waals surface area contributed by atoms with Crippen molar-refractivity contribution in [1.29, 1.82) is 0 Å². The van der Waals surface area contributed by atoms with Crippen molar-refractivity contribution in [3.05, 3.63) is 72.3 Å². The number of methoxy groups -OCH3 is 3. The van der Waals surface area contributed by atoms with E-state index in [1.165, 1.54) is 21.3 Å². The summed E-state index contributed by atoms with van der Waals surface area (Å²) in [6.45, 7) is 0. The molecule has 0 unspecified atom stereocenters. The molecule has 0 saturated heterocycles. The summed E-state index contributed by atoms with van der Waals surface area (Å²) in [6.07, 6.45) is 0. The molecule has 0 atom stereocenters. The summed E-state index contributed by atoms with van der Waals surface area (Å²) in [5, 5.41) is 2.83. The molecule has 0 aromatic heterocycles. The predicted molar refractivity (Wildman–Crippen MR) is 107 cm³/mol. The molecule has 0 heterocycles. The Balaban J connectivity index is 1.74. The lowest BCUT2D eigenvalue weighted by Crippen LogP contribution is -2.12. The van der Waals surface area contributed by atoms with Crippen LogP contribution in [0.15, 0.2) is 66.7 Å². The molecule has 0 aliphatic heterocycles. The minimum atomic E-state index is -0.263. The van der Waals surface area contributed by atoms with Crippen LogP contribution in [0.25, 0.3) is 0 Å². The van der Waals surface area contributed by atoms with Crippen LogP contribution in [0.4, 0.5) is 5.69 Å². The SMILES string of the molecule is COc1cc(NC(=O)c2ccc(Oc3ccccc3)cc2)cc(OC)c1OC. The van der Waals surface area contributed by atoms with E-state index in [0.29, 0.717) is 34.2 Å². The van der Waals surface area contributed by atoms with E-state index in [0.717, 1.165) is 5.75 Å². The smallest absolute Gasteiger partial charge is 0.255 e. The van der Waals surface area contributed by atoms with E-state index in [2.05, 4.69) is 5.32 Å². The molecule has 1 N–H and O–H groups in total. The van der Waals surface area contributed by atoms with E-state index in [4.69, 9.17) is 18.9 Å². The fraction of sp³-hybridized carbons (Fsp3) is 0.136. The third-order valence-corrected chi connectivity index (χ3v) is 4.02. The first-order valence-electron chi connectivity index (χ1n) is 8.59. The van der Waals surface area contributed by atoms with Gasteiger partial charge in [0.25, 0.3) is 5.91 Å². The lowest BCUT2D eigenvalue weighted by Gasteiger charge is -2.14. The number of ether oxygens (including phenoxy) is 4. The van der Waals surface area contributed by atoms with Gasteiger partial charge in [-0.2, -0.15) is 0 Å². The lowest BCUT2D eigenvalue weighted by atomic mass is 10.2. The summed E-state index contributed by atoms with van der Waals surface area (Å²) >= 11 is 0. The molecule has 6 nitrogen and oxygen atoms in total. The molecule has 0 fully saturated rings. The molecular weight excluding hydrogens is 358 g/mol. The first-order chi connectivity index (χ1) is 13.6. The van der Waals surface area contributed by atoms with Crippen LogP contribution < -0.4 is 24.3 Å². The van der Waals surface area contributed by atoms with Gasteiger partial charge in [0.1, 0.15) is 11.5 Å². The highest BCUT2D eigenvalue weighted by Gasteiger charge is 2.15. The Hall–Kier alpha value is -3.67. The Kier molecular flexibility index (Phi) is 6.01. The van der Waals surface area contributed by atoms with Crippen molar-refractivity contribution in [3.63, 3.8) is 0 Å². The van der Waals surface area contributed by atoms with Gasteiger partial charge in [-0.05, 0) is 36.4 Å². The minimum absolute atomic E-state index is 0.263. The number of hydrogen-bond acceptors (Lipinski definition) is 5. The van der Waals surface area contributed by atoms with Crippen LogP contribution in [-0.4, -0.2) is 27.2 Å². The normalized spacial score (nSPS) is 10.1. The van der Waals surface area contributed by atoms with E-state index >= 15 is 0 Å². The number of anilines is 1. The van der Waals surface area contributed by atoms with Crippen LogP contribution in [0, 0.1) is 0 Å². The van der Waals surface area contributed by atoms with E-state index < -0.39 is 0 Å². The largest absolute Gasteiger partial charge is 0.493 e. The van der Waals surface area contributed by atoms with Gasteiger partial charge < -0.3 is 24.3 Å². The zero-order chi connectivity index (χ0) is 19.9. The summed E-state index contributed by atoms with van der Waals surface area (Å²) in [5.74, 6) is 2.51. The zero-order valence-electron chi connectivity index (χ0n) is 15.9. The first-order valence-corrected chi connectivity index (χ1v) is 8.59. The van der Waals surface area contributed by atoms with E-state index in [1.807, 2.05) is 30.3 Å². The number of para-hydroxylation sites is 1. The van der Waals surface area contributed by atoms with Crippen LogP contribution in [0.1, 0.15) is 10.4 Å². The number of carbonyl (C=O) groups excluding carboxylic acids is 1. The maximum Gasteiger partial charge on any atom is 0.255 e. The van der Waals surface area contributed by atoms with Gasteiger partial charge in [-0.25, -0.2) is 0 Å². The van der Waals surface area contributed by atoms with Crippen LogP contribution in [0.2, 0.25) is 0 Å². The van der Waals surface area contributed by atoms with Gasteiger partial charge in [0, 0.05) is 23.4 Å². The molecule has 3 aromatic carbocycles. The molecule has 0 spiro atoms. The van der Waals surface area contributed by atoms with Crippen molar-refractivity contribution in [2.45, 2.75) is 0 Å². The Morgan fingerprint density at radius 1 is 0.750 bits per heavy atom. The molecule has 3 rings (SSSR count). The standard InChI is InChI=1S/C22H21NO5/c1-25-19-13-16(14-20(26-2)21(19)27-3)23-22(24)15-9-11-18(12-10-15)28-17-7-5-4-6-8-17/h4-14H,1-3H3,(H,23,24). The Morgan fingerprint density at radius 3 is 1.86 bits per heavy atom. The van der Waals surface area contributed by atoms with E-state index in [-0.39, 0.29) is 5.91 Å². The first kappa shape index (κ1) is 19.1. The van der Waals surface area contributed by atoms with Gasteiger partial charge in [-0.15, -0.1) is 0 Å². The van der Waals surface area contributed by atoms with E-state index in [9.17, 15) is 4.79 Å². The van der Waals surface area contributed by atoms with Gasteiger partial charge in [0.05, 0.1) is 21.3 Å². The number of hydrogen-bond donors (Lipinski definition) is 1. The molecule has 0 aliphatic rings. The second-order valence-electron chi connectivity index (χ2n) is 5.81. The average molecular weight is 379 g/mol. The van der Waals surface area contributed by atoms with Crippen molar-refractivity contribution >= 4 is 11.6 Å². The maximum atomic E-state index is 12.6. The predicted octanol–water partition coefficient (Wildman–Crippen LogP) is 4.76. The number of carbonyl (C=O) groups is 1.